The van der Waals surface area contributed by atoms with Crippen molar-refractivity contribution < 1.29 is 14.7 Å². The lowest BCUT2D eigenvalue weighted by molar-refractivity contribution is -0.142. The summed E-state index contributed by atoms with van der Waals surface area (Å²) in [6, 6.07) is 10.1. The Balaban J connectivity index is 1.66. The highest BCUT2D eigenvalue weighted by Crippen LogP contribution is 2.34. The average molecular weight is 315 g/mol. The van der Waals surface area contributed by atoms with Crippen LogP contribution in [-0.4, -0.2) is 28.4 Å². The zero-order chi connectivity index (χ0) is 16.2. The Kier molecular flexibility index (Phi) is 4.99. The van der Waals surface area contributed by atoms with Crippen LogP contribution in [0.4, 0.5) is 0 Å². The maximum atomic E-state index is 12.9. The number of benzene rings is 1. The van der Waals surface area contributed by atoms with Crippen LogP contribution < -0.4 is 0 Å². The number of carbonyl (C=O) groups excluding carboxylic acids is 1. The summed E-state index contributed by atoms with van der Waals surface area (Å²) >= 11 is 0. The number of rotatable bonds is 6. The van der Waals surface area contributed by atoms with Gasteiger partial charge in [0.1, 0.15) is 0 Å². The van der Waals surface area contributed by atoms with E-state index in [0.717, 1.165) is 12.1 Å². The van der Waals surface area contributed by atoms with Crippen molar-refractivity contribution in [2.45, 2.75) is 45.1 Å². The Morgan fingerprint density at radius 2 is 1.74 bits per heavy atom. The monoisotopic (exact) mass is 315 g/mol. The van der Waals surface area contributed by atoms with Crippen LogP contribution in [0.5, 0.6) is 0 Å². The fraction of sp³-hybridized carbons (Fsp3) is 0.579. The van der Waals surface area contributed by atoms with Crippen LogP contribution in [0.1, 0.15) is 44.1 Å². The first-order valence-electron chi connectivity index (χ1n) is 8.69. The van der Waals surface area contributed by atoms with E-state index >= 15 is 0 Å². The van der Waals surface area contributed by atoms with Gasteiger partial charge in [-0.2, -0.15) is 0 Å². The molecule has 0 unspecified atom stereocenters. The first kappa shape index (κ1) is 16.0. The van der Waals surface area contributed by atoms with Crippen LogP contribution in [0, 0.1) is 17.8 Å². The Morgan fingerprint density at radius 1 is 1.04 bits per heavy atom. The molecule has 0 heterocycles. The number of amides is 1. The Labute approximate surface area is 137 Å². The summed E-state index contributed by atoms with van der Waals surface area (Å²) in [5.41, 5.74) is 1.15. The minimum Gasteiger partial charge on any atom is -0.481 e. The van der Waals surface area contributed by atoms with Crippen molar-refractivity contribution in [2.75, 3.05) is 6.54 Å². The molecule has 124 valence electrons. The van der Waals surface area contributed by atoms with Crippen molar-refractivity contribution >= 4 is 11.9 Å². The van der Waals surface area contributed by atoms with E-state index in [4.69, 9.17) is 5.11 Å². The molecular weight excluding hydrogens is 290 g/mol. The molecule has 0 aromatic heterocycles. The van der Waals surface area contributed by atoms with Gasteiger partial charge in [0.2, 0.25) is 5.91 Å². The predicted octanol–water partition coefficient (Wildman–Crippen LogP) is 3.32. The van der Waals surface area contributed by atoms with E-state index in [2.05, 4.69) is 12.1 Å². The van der Waals surface area contributed by atoms with E-state index in [-0.39, 0.29) is 17.7 Å². The highest BCUT2D eigenvalue weighted by Gasteiger charge is 2.36. The third-order valence-corrected chi connectivity index (χ3v) is 5.36. The second-order valence-electron chi connectivity index (χ2n) is 7.05. The van der Waals surface area contributed by atoms with Crippen LogP contribution in [0.3, 0.4) is 0 Å². The normalized spacial score (nSPS) is 24.2. The summed E-state index contributed by atoms with van der Waals surface area (Å²) < 4.78 is 0. The number of aliphatic carboxylic acids is 1. The number of carboxylic acid groups (broad SMARTS) is 1. The Bertz CT molecular complexity index is 553. The molecule has 3 rings (SSSR count). The molecule has 0 saturated heterocycles. The second-order valence-corrected chi connectivity index (χ2v) is 7.05. The number of hydrogen-bond acceptors (Lipinski definition) is 2. The van der Waals surface area contributed by atoms with Crippen LogP contribution in [0.25, 0.3) is 0 Å². The van der Waals surface area contributed by atoms with Gasteiger partial charge in [-0.1, -0.05) is 36.8 Å². The molecular formula is C19H25NO3. The summed E-state index contributed by atoms with van der Waals surface area (Å²) in [5, 5.41) is 9.15. The van der Waals surface area contributed by atoms with Crippen LogP contribution >= 0.6 is 0 Å². The first-order valence-corrected chi connectivity index (χ1v) is 8.69. The van der Waals surface area contributed by atoms with Gasteiger partial charge in [-0.05, 0) is 43.6 Å². The van der Waals surface area contributed by atoms with Gasteiger partial charge in [-0.25, -0.2) is 0 Å². The summed E-state index contributed by atoms with van der Waals surface area (Å²) in [5.74, 6) is -0.427. The molecule has 2 atom stereocenters. The molecule has 1 aromatic rings. The average Bonchev–Trinajstić information content (AvgIpc) is 3.00. The minimum atomic E-state index is -0.756. The van der Waals surface area contributed by atoms with Crippen molar-refractivity contribution in [3.63, 3.8) is 0 Å². The van der Waals surface area contributed by atoms with Crippen molar-refractivity contribution in [1.29, 1.82) is 0 Å². The summed E-state index contributed by atoms with van der Waals surface area (Å²) in [6.07, 6.45) is 5.54. The molecule has 2 saturated carbocycles. The van der Waals surface area contributed by atoms with Crippen molar-refractivity contribution in [3.8, 4) is 0 Å². The lowest BCUT2D eigenvalue weighted by Gasteiger charge is -2.34. The number of hydrogen-bond donors (Lipinski definition) is 1. The molecule has 0 bridgehead atoms. The lowest BCUT2D eigenvalue weighted by Crippen LogP contribution is -2.40. The largest absolute Gasteiger partial charge is 0.481 e. The van der Waals surface area contributed by atoms with Crippen LogP contribution in [0.2, 0.25) is 0 Å². The minimum absolute atomic E-state index is 0.111. The summed E-state index contributed by atoms with van der Waals surface area (Å²) in [4.78, 5) is 26.0. The van der Waals surface area contributed by atoms with Gasteiger partial charge in [-0.3, -0.25) is 9.59 Å². The number of nitrogens with zero attached hydrogens (tertiary/aromatic N) is 1. The highest BCUT2D eigenvalue weighted by molar-refractivity contribution is 5.81. The second kappa shape index (κ2) is 7.16. The number of carbonyl (C=O) groups is 2. The molecule has 2 aliphatic carbocycles. The van der Waals surface area contributed by atoms with Gasteiger partial charge >= 0.3 is 5.97 Å². The third kappa shape index (κ3) is 3.92. The maximum absolute atomic E-state index is 12.9. The fourth-order valence-electron chi connectivity index (χ4n) is 3.71. The van der Waals surface area contributed by atoms with E-state index in [1.807, 2.05) is 23.1 Å². The molecule has 4 nitrogen and oxygen atoms in total. The molecule has 0 aliphatic heterocycles. The molecule has 0 spiro atoms. The highest BCUT2D eigenvalue weighted by atomic mass is 16.4. The van der Waals surface area contributed by atoms with E-state index in [1.54, 1.807) is 0 Å². The SMILES string of the molecule is O=C(O)[C@@H]1CC[C@H](C(=O)N(Cc2ccccc2)CC2CCC2)C1. The van der Waals surface area contributed by atoms with E-state index in [1.165, 1.54) is 19.3 Å². The Morgan fingerprint density at radius 3 is 2.30 bits per heavy atom. The maximum Gasteiger partial charge on any atom is 0.306 e. The molecule has 2 fully saturated rings. The van der Waals surface area contributed by atoms with Gasteiger partial charge in [0.15, 0.2) is 0 Å². The molecule has 1 N–H and O–H groups in total. The van der Waals surface area contributed by atoms with Crippen molar-refractivity contribution in [3.05, 3.63) is 35.9 Å². The van der Waals surface area contributed by atoms with Gasteiger partial charge in [0, 0.05) is 19.0 Å². The molecule has 1 amide bonds. The van der Waals surface area contributed by atoms with Gasteiger partial charge in [0.05, 0.1) is 5.92 Å². The predicted molar refractivity (Wildman–Crippen MR) is 87.7 cm³/mol. The quantitative estimate of drug-likeness (QED) is 0.876. The first-order chi connectivity index (χ1) is 11.1. The van der Waals surface area contributed by atoms with E-state index in [9.17, 15) is 9.59 Å². The summed E-state index contributed by atoms with van der Waals surface area (Å²) in [6.45, 7) is 1.46. The van der Waals surface area contributed by atoms with Crippen LogP contribution in [0.15, 0.2) is 30.3 Å². The van der Waals surface area contributed by atoms with Gasteiger partial charge < -0.3 is 10.0 Å². The third-order valence-electron chi connectivity index (χ3n) is 5.36. The van der Waals surface area contributed by atoms with E-state index in [0.29, 0.717) is 31.7 Å². The smallest absolute Gasteiger partial charge is 0.306 e. The fourth-order valence-corrected chi connectivity index (χ4v) is 3.71. The van der Waals surface area contributed by atoms with Crippen LogP contribution in [-0.2, 0) is 16.1 Å². The molecule has 1 aromatic carbocycles. The Hall–Kier alpha value is -1.84. The van der Waals surface area contributed by atoms with Gasteiger partial charge in [-0.15, -0.1) is 0 Å². The standard InChI is InChI=1S/C19H25NO3/c21-18(16-9-10-17(11-16)19(22)23)20(13-15-7-4-8-15)12-14-5-2-1-3-6-14/h1-3,5-6,15-17H,4,7-13H2,(H,22,23)/t16-,17+/m0/s1. The summed E-state index contributed by atoms with van der Waals surface area (Å²) in [7, 11) is 0. The van der Waals surface area contributed by atoms with E-state index < -0.39 is 5.97 Å². The molecule has 23 heavy (non-hydrogen) atoms. The molecule has 2 aliphatic rings. The zero-order valence-electron chi connectivity index (χ0n) is 13.5. The number of carboxylic acids is 1. The molecule has 4 heteroatoms. The zero-order valence-corrected chi connectivity index (χ0v) is 13.5. The lowest BCUT2D eigenvalue weighted by atomic mass is 9.84. The van der Waals surface area contributed by atoms with Crippen molar-refractivity contribution in [1.82, 2.24) is 4.90 Å². The topological polar surface area (TPSA) is 57.6 Å². The van der Waals surface area contributed by atoms with Gasteiger partial charge in [0.25, 0.3) is 0 Å². The van der Waals surface area contributed by atoms with Crippen molar-refractivity contribution in [2.24, 2.45) is 17.8 Å². The molecule has 0 radical (unpaired) electrons.